The molecule has 1 aliphatic rings. The van der Waals surface area contributed by atoms with Gasteiger partial charge in [-0.1, -0.05) is 30.3 Å². The zero-order chi connectivity index (χ0) is 25.0. The van der Waals surface area contributed by atoms with Gasteiger partial charge in [0, 0.05) is 5.92 Å². The number of hydrogen-bond donors (Lipinski definition) is 1. The van der Waals surface area contributed by atoms with E-state index in [0.717, 1.165) is 20.3 Å². The van der Waals surface area contributed by atoms with Crippen molar-refractivity contribution in [2.24, 2.45) is 11.3 Å². The minimum atomic E-state index is -2.26. The number of nitriles is 3. The number of halogens is 1. The Bertz CT molecular complexity index is 1280. The Hall–Kier alpha value is -4.68. The first-order chi connectivity index (χ1) is 16.3. The van der Waals surface area contributed by atoms with E-state index in [0.29, 0.717) is 0 Å². The van der Waals surface area contributed by atoms with Crippen LogP contribution in [0.4, 0.5) is 4.39 Å². The molecule has 2 aromatic carbocycles. The second kappa shape index (κ2) is 9.44. The van der Waals surface area contributed by atoms with E-state index < -0.39 is 52.3 Å². The van der Waals surface area contributed by atoms with Crippen LogP contribution in [0.15, 0.2) is 59.9 Å². The van der Waals surface area contributed by atoms with E-state index in [4.69, 9.17) is 14.7 Å². The summed E-state index contributed by atoms with van der Waals surface area (Å²) >= 11 is 0. The minimum absolute atomic E-state index is 0.185. The number of hydrogen-bond acceptors (Lipinski definition) is 8. The fourth-order valence-corrected chi connectivity index (χ4v) is 4.48. The van der Waals surface area contributed by atoms with Gasteiger partial charge in [-0.05, 0) is 29.3 Å². The average molecular weight is 459 g/mol. The summed E-state index contributed by atoms with van der Waals surface area (Å²) in [6.07, 6.45) is 0. The molecule has 0 spiro atoms. The summed E-state index contributed by atoms with van der Waals surface area (Å²) in [5.74, 6) is -8.50. The maximum Gasteiger partial charge on any atom is 0.337 e. The van der Waals surface area contributed by atoms with E-state index >= 15 is 4.39 Å². The van der Waals surface area contributed by atoms with Gasteiger partial charge in [0.25, 0.3) is 0 Å². The number of nitrogens with zero attached hydrogens (tertiary/aromatic N) is 3. The number of aliphatic hydroxyl groups is 1. The van der Waals surface area contributed by atoms with Crippen molar-refractivity contribution in [2.45, 2.75) is 11.8 Å². The normalized spacial score (nSPS) is 20.9. The zero-order valence-electron chi connectivity index (χ0n) is 18.2. The molecule has 0 heterocycles. The number of methoxy groups -OCH3 is 2. The van der Waals surface area contributed by atoms with Crippen LogP contribution in [-0.2, 0) is 19.1 Å². The molecule has 3 rings (SSSR count). The highest BCUT2D eigenvalue weighted by atomic mass is 19.1. The Balaban J connectivity index is 2.50. The highest BCUT2D eigenvalue weighted by Crippen LogP contribution is 2.59. The second-order valence-corrected chi connectivity index (χ2v) is 7.55. The number of carbonyl (C=O) groups is 2. The molecule has 0 unspecified atom stereocenters. The first kappa shape index (κ1) is 24.0. The number of aliphatic hydroxyl groups excluding tert-OH is 1. The molecule has 0 aliphatic heterocycles. The number of carbonyl (C=O) groups excluding carboxylic acids is 2. The highest BCUT2D eigenvalue weighted by molar-refractivity contribution is 5.94. The average Bonchev–Trinajstić information content (AvgIpc) is 2.87. The number of esters is 2. The molecule has 0 radical (unpaired) electrons. The molecular formula is C25H18FN3O5. The van der Waals surface area contributed by atoms with Gasteiger partial charge in [0.05, 0.1) is 49.5 Å². The van der Waals surface area contributed by atoms with E-state index in [1.165, 1.54) is 42.5 Å². The Morgan fingerprint density at radius 2 is 1.62 bits per heavy atom. The maximum atomic E-state index is 15.0. The summed E-state index contributed by atoms with van der Waals surface area (Å²) in [5, 5.41) is 41.1. The van der Waals surface area contributed by atoms with Crippen LogP contribution in [0.1, 0.15) is 28.5 Å². The molecule has 0 saturated heterocycles. The van der Waals surface area contributed by atoms with Crippen LogP contribution >= 0.6 is 0 Å². The third-order valence-corrected chi connectivity index (χ3v) is 5.98. The van der Waals surface area contributed by atoms with Crippen molar-refractivity contribution < 1.29 is 28.6 Å². The molecule has 34 heavy (non-hydrogen) atoms. The lowest BCUT2D eigenvalue weighted by molar-refractivity contribution is -0.147. The summed E-state index contributed by atoms with van der Waals surface area (Å²) in [6, 6.07) is 16.6. The lowest BCUT2D eigenvalue weighted by Gasteiger charge is -2.44. The molecule has 0 saturated carbocycles. The molecule has 0 bridgehead atoms. The second-order valence-electron chi connectivity index (χ2n) is 7.55. The molecule has 9 heteroatoms. The van der Waals surface area contributed by atoms with Crippen LogP contribution in [-0.4, -0.2) is 31.3 Å². The van der Waals surface area contributed by atoms with Crippen molar-refractivity contribution in [1.82, 2.24) is 0 Å². The van der Waals surface area contributed by atoms with Crippen LogP contribution in [0.25, 0.3) is 0 Å². The summed E-state index contributed by atoms with van der Waals surface area (Å²) in [7, 11) is 2.06. The predicted octanol–water partition coefficient (Wildman–Crippen LogP) is 3.39. The fraction of sp³-hybridized carbons (Fsp3) is 0.240. The molecule has 1 aliphatic carbocycles. The zero-order valence-corrected chi connectivity index (χ0v) is 18.2. The van der Waals surface area contributed by atoms with E-state index in [9.17, 15) is 25.2 Å². The fourth-order valence-electron chi connectivity index (χ4n) is 4.48. The maximum absolute atomic E-state index is 15.0. The van der Waals surface area contributed by atoms with Crippen molar-refractivity contribution >= 4 is 11.9 Å². The van der Waals surface area contributed by atoms with Crippen molar-refractivity contribution in [3.8, 4) is 18.2 Å². The predicted molar refractivity (Wildman–Crippen MR) is 114 cm³/mol. The SMILES string of the molecule is COC(=O)C1=C(O)[C@H](C(=O)OC)[C@H](c2ccccc2F)C(C#N)(C#N)[C@@H]1c1ccc(C#N)cc1. The Labute approximate surface area is 194 Å². The topological polar surface area (TPSA) is 144 Å². The summed E-state index contributed by atoms with van der Waals surface area (Å²) < 4.78 is 24.6. The minimum Gasteiger partial charge on any atom is -0.511 e. The quantitative estimate of drug-likeness (QED) is 0.685. The third kappa shape index (κ3) is 3.62. The molecule has 0 fully saturated rings. The van der Waals surface area contributed by atoms with E-state index in [1.54, 1.807) is 0 Å². The lowest BCUT2D eigenvalue weighted by Crippen LogP contribution is -2.47. The Kier molecular flexibility index (Phi) is 6.66. The molecule has 170 valence electrons. The van der Waals surface area contributed by atoms with Crippen molar-refractivity contribution in [1.29, 1.82) is 15.8 Å². The van der Waals surface area contributed by atoms with Crippen LogP contribution in [0, 0.1) is 51.1 Å². The van der Waals surface area contributed by atoms with Crippen LogP contribution < -0.4 is 0 Å². The molecule has 8 nitrogen and oxygen atoms in total. The lowest BCUT2D eigenvalue weighted by atomic mass is 9.54. The van der Waals surface area contributed by atoms with Crippen LogP contribution in [0.2, 0.25) is 0 Å². The Morgan fingerprint density at radius 1 is 1.00 bits per heavy atom. The molecule has 0 amide bonds. The summed E-state index contributed by atoms with van der Waals surface area (Å²) in [6.45, 7) is 0. The van der Waals surface area contributed by atoms with E-state index in [-0.39, 0.29) is 16.7 Å². The Morgan fingerprint density at radius 3 is 2.12 bits per heavy atom. The summed E-state index contributed by atoms with van der Waals surface area (Å²) in [5.41, 5.74) is -2.47. The molecule has 3 atom stereocenters. The number of ether oxygens (including phenoxy) is 2. The van der Waals surface area contributed by atoms with Crippen molar-refractivity contribution in [2.75, 3.05) is 14.2 Å². The molecule has 2 aromatic rings. The van der Waals surface area contributed by atoms with Gasteiger partial charge in [-0.15, -0.1) is 0 Å². The van der Waals surface area contributed by atoms with Crippen LogP contribution in [0.3, 0.4) is 0 Å². The number of rotatable bonds is 4. The first-order valence-electron chi connectivity index (χ1n) is 9.97. The van der Waals surface area contributed by atoms with Gasteiger partial charge < -0.3 is 14.6 Å². The molecule has 1 N–H and O–H groups in total. The van der Waals surface area contributed by atoms with Crippen LogP contribution in [0.5, 0.6) is 0 Å². The molecule has 0 aromatic heterocycles. The smallest absolute Gasteiger partial charge is 0.337 e. The summed E-state index contributed by atoms with van der Waals surface area (Å²) in [4.78, 5) is 25.7. The number of benzene rings is 2. The molecular weight excluding hydrogens is 441 g/mol. The van der Waals surface area contributed by atoms with Gasteiger partial charge >= 0.3 is 11.9 Å². The van der Waals surface area contributed by atoms with Gasteiger partial charge in [0.15, 0.2) is 5.41 Å². The van der Waals surface area contributed by atoms with Crippen molar-refractivity contribution in [3.63, 3.8) is 0 Å². The third-order valence-electron chi connectivity index (χ3n) is 5.98. The first-order valence-corrected chi connectivity index (χ1v) is 9.97. The van der Waals surface area contributed by atoms with Gasteiger partial charge in [-0.2, -0.15) is 15.8 Å². The van der Waals surface area contributed by atoms with Gasteiger partial charge in [-0.25, -0.2) is 9.18 Å². The van der Waals surface area contributed by atoms with Gasteiger partial charge in [0.2, 0.25) is 0 Å². The highest BCUT2D eigenvalue weighted by Gasteiger charge is 2.62. The van der Waals surface area contributed by atoms with E-state index in [2.05, 4.69) is 0 Å². The van der Waals surface area contributed by atoms with E-state index in [1.807, 2.05) is 18.2 Å². The standard InChI is InChI=1S/C25H18FN3O5/c1-33-23(31)18-20(15-9-7-14(11-27)8-10-15)25(12-28,13-29)21(16-5-3-4-6-17(16)26)19(22(18)30)24(32)34-2/h3-10,19-21,30H,1-2H3/t19-,20-,21+/m1/s1. The van der Waals surface area contributed by atoms with Gasteiger partial charge in [0.1, 0.15) is 17.5 Å². The monoisotopic (exact) mass is 459 g/mol. The van der Waals surface area contributed by atoms with Crippen molar-refractivity contribution in [3.05, 3.63) is 82.4 Å². The van der Waals surface area contributed by atoms with Gasteiger partial charge in [-0.3, -0.25) is 4.79 Å². The largest absolute Gasteiger partial charge is 0.511 e.